The van der Waals surface area contributed by atoms with Crippen molar-refractivity contribution >= 4 is 53.8 Å². The maximum atomic E-state index is 11.5. The van der Waals surface area contributed by atoms with Gasteiger partial charge in [-0.25, -0.2) is 4.79 Å². The number of alkyl halides is 3. The Hall–Kier alpha value is 0.650. The molecule has 74 valence electrons. The van der Waals surface area contributed by atoms with Gasteiger partial charge in [0.2, 0.25) is 0 Å². The summed E-state index contributed by atoms with van der Waals surface area (Å²) in [7, 11) is 0. The van der Waals surface area contributed by atoms with Crippen molar-refractivity contribution < 1.29 is 9.53 Å². The van der Waals surface area contributed by atoms with Gasteiger partial charge in [-0.15, -0.1) is 0 Å². The third kappa shape index (κ3) is 2.80. The highest BCUT2D eigenvalue weighted by molar-refractivity contribution is 9.26. The normalized spacial score (nSPS) is 17.7. The molecule has 0 radical (unpaired) electrons. The van der Waals surface area contributed by atoms with Crippen LogP contribution < -0.4 is 0 Å². The minimum atomic E-state index is -0.835. The molecule has 1 rings (SSSR count). The Morgan fingerprint density at radius 3 is 2.69 bits per heavy atom. The predicted molar refractivity (Wildman–Crippen MR) is 62.6 cm³/mol. The summed E-state index contributed by atoms with van der Waals surface area (Å²) in [5.74, 6) is -0.301. The van der Waals surface area contributed by atoms with Crippen LogP contribution in [-0.4, -0.2) is 20.6 Å². The Labute approximate surface area is 102 Å². The van der Waals surface area contributed by atoms with Crippen LogP contribution in [0.25, 0.3) is 0 Å². The molecule has 0 saturated heterocycles. The standard InChI is InChI=1S/C8H9Br3O2/c1-2-13-7(12)8(10,11)6(9)5-3-4-5/h3,6H,2,4H2,1H3. The summed E-state index contributed by atoms with van der Waals surface area (Å²) >= 11 is 10.1. The van der Waals surface area contributed by atoms with Gasteiger partial charge in [-0.3, -0.25) is 0 Å². The Kier molecular flexibility index (Phi) is 4.01. The van der Waals surface area contributed by atoms with E-state index in [4.69, 9.17) is 4.74 Å². The Balaban J connectivity index is 2.62. The van der Waals surface area contributed by atoms with E-state index in [1.807, 2.05) is 0 Å². The zero-order valence-electron chi connectivity index (χ0n) is 7.02. The van der Waals surface area contributed by atoms with Crippen LogP contribution in [0.2, 0.25) is 0 Å². The summed E-state index contributed by atoms with van der Waals surface area (Å²) in [6.07, 6.45) is 3.03. The maximum Gasteiger partial charge on any atom is 0.335 e. The molecule has 0 N–H and O–H groups in total. The van der Waals surface area contributed by atoms with Gasteiger partial charge in [0.05, 0.1) is 11.4 Å². The third-order valence-electron chi connectivity index (χ3n) is 1.63. The Morgan fingerprint density at radius 1 is 1.77 bits per heavy atom. The Morgan fingerprint density at radius 2 is 2.31 bits per heavy atom. The van der Waals surface area contributed by atoms with Gasteiger partial charge < -0.3 is 4.74 Å². The fourth-order valence-corrected chi connectivity index (χ4v) is 2.21. The van der Waals surface area contributed by atoms with E-state index >= 15 is 0 Å². The second kappa shape index (κ2) is 4.45. The van der Waals surface area contributed by atoms with Gasteiger partial charge in [0.1, 0.15) is 0 Å². The zero-order valence-corrected chi connectivity index (χ0v) is 11.8. The van der Waals surface area contributed by atoms with E-state index in [1.165, 1.54) is 5.57 Å². The molecule has 1 atom stereocenters. The summed E-state index contributed by atoms with van der Waals surface area (Å²) in [6, 6.07) is 0. The fourth-order valence-electron chi connectivity index (χ4n) is 0.829. The molecule has 0 amide bonds. The van der Waals surface area contributed by atoms with Gasteiger partial charge in [0.15, 0.2) is 3.23 Å². The third-order valence-corrected chi connectivity index (χ3v) is 5.70. The van der Waals surface area contributed by atoms with Crippen LogP contribution >= 0.6 is 47.8 Å². The number of rotatable bonds is 4. The van der Waals surface area contributed by atoms with Gasteiger partial charge in [-0.2, -0.15) is 0 Å². The van der Waals surface area contributed by atoms with Crippen molar-refractivity contribution in [3.63, 3.8) is 0 Å². The minimum Gasteiger partial charge on any atom is -0.464 e. The molecular weight excluding hydrogens is 368 g/mol. The number of allylic oxidation sites excluding steroid dienone is 2. The van der Waals surface area contributed by atoms with E-state index in [0.717, 1.165) is 6.42 Å². The summed E-state index contributed by atoms with van der Waals surface area (Å²) in [5, 5.41) is 0. The summed E-state index contributed by atoms with van der Waals surface area (Å²) in [4.78, 5) is 11.4. The van der Waals surface area contributed by atoms with Gasteiger partial charge in [-0.05, 0) is 13.3 Å². The number of halogens is 3. The average Bonchev–Trinajstić information content (AvgIpc) is 2.86. The topological polar surface area (TPSA) is 26.3 Å². The highest BCUT2D eigenvalue weighted by Crippen LogP contribution is 2.44. The molecule has 1 aliphatic rings. The SMILES string of the molecule is CCOC(=O)C(Br)(Br)C(Br)C1=CC1. The lowest BCUT2D eigenvalue weighted by Crippen LogP contribution is -2.35. The number of hydrogen-bond acceptors (Lipinski definition) is 2. The van der Waals surface area contributed by atoms with Crippen molar-refractivity contribution in [1.82, 2.24) is 0 Å². The molecule has 0 bridgehead atoms. The average molecular weight is 377 g/mol. The van der Waals surface area contributed by atoms with Crippen molar-refractivity contribution in [2.45, 2.75) is 21.4 Å². The molecule has 1 aliphatic carbocycles. The van der Waals surface area contributed by atoms with Crippen LogP contribution in [0.5, 0.6) is 0 Å². The first kappa shape index (κ1) is 11.7. The molecule has 0 heterocycles. The molecule has 0 aliphatic heterocycles. The van der Waals surface area contributed by atoms with E-state index in [1.54, 1.807) is 6.92 Å². The summed E-state index contributed by atoms with van der Waals surface area (Å²) < 4.78 is 4.08. The Bertz CT molecular complexity index is 248. The fraction of sp³-hybridized carbons (Fsp3) is 0.625. The maximum absolute atomic E-state index is 11.5. The number of hydrogen-bond donors (Lipinski definition) is 0. The molecular formula is C8H9Br3O2. The number of ether oxygens (including phenoxy) is 1. The van der Waals surface area contributed by atoms with E-state index in [-0.39, 0.29) is 10.8 Å². The lowest BCUT2D eigenvalue weighted by atomic mass is 10.2. The van der Waals surface area contributed by atoms with Crippen molar-refractivity contribution in [3.8, 4) is 0 Å². The largest absolute Gasteiger partial charge is 0.464 e. The predicted octanol–water partition coefficient (Wildman–Crippen LogP) is 3.13. The first-order chi connectivity index (χ1) is 6.00. The number of carbonyl (C=O) groups is 1. The first-order valence-corrected chi connectivity index (χ1v) is 6.38. The molecule has 0 aromatic heterocycles. The van der Waals surface area contributed by atoms with Gasteiger partial charge >= 0.3 is 5.97 Å². The molecule has 1 unspecified atom stereocenters. The first-order valence-electron chi connectivity index (χ1n) is 3.88. The molecule has 0 aromatic rings. The highest BCUT2D eigenvalue weighted by atomic mass is 79.9. The monoisotopic (exact) mass is 374 g/mol. The summed E-state index contributed by atoms with van der Waals surface area (Å²) in [6.45, 7) is 2.17. The van der Waals surface area contributed by atoms with E-state index in [2.05, 4.69) is 53.9 Å². The van der Waals surface area contributed by atoms with Crippen LogP contribution in [-0.2, 0) is 9.53 Å². The molecule has 5 heteroatoms. The molecule has 0 saturated carbocycles. The van der Waals surface area contributed by atoms with Gasteiger partial charge in [0.25, 0.3) is 0 Å². The van der Waals surface area contributed by atoms with Gasteiger partial charge in [-0.1, -0.05) is 59.4 Å². The molecule has 0 fully saturated rings. The second-order valence-electron chi connectivity index (χ2n) is 2.69. The lowest BCUT2D eigenvalue weighted by Gasteiger charge is -2.22. The number of esters is 1. The molecule has 0 spiro atoms. The van der Waals surface area contributed by atoms with Crippen LogP contribution in [0.15, 0.2) is 11.6 Å². The number of carbonyl (C=O) groups excluding carboxylic acids is 1. The van der Waals surface area contributed by atoms with E-state index in [0.29, 0.717) is 6.61 Å². The van der Waals surface area contributed by atoms with E-state index < -0.39 is 3.23 Å². The summed E-state index contributed by atoms with van der Waals surface area (Å²) in [5.41, 5.74) is 1.21. The second-order valence-corrected chi connectivity index (χ2v) is 7.17. The van der Waals surface area contributed by atoms with Crippen molar-refractivity contribution in [3.05, 3.63) is 11.6 Å². The minimum absolute atomic E-state index is 0.0425. The van der Waals surface area contributed by atoms with Crippen molar-refractivity contribution in [2.75, 3.05) is 6.61 Å². The van der Waals surface area contributed by atoms with Crippen LogP contribution in [0.4, 0.5) is 0 Å². The van der Waals surface area contributed by atoms with Crippen LogP contribution in [0.1, 0.15) is 13.3 Å². The lowest BCUT2D eigenvalue weighted by molar-refractivity contribution is -0.142. The highest BCUT2D eigenvalue weighted by Gasteiger charge is 2.44. The van der Waals surface area contributed by atoms with Crippen molar-refractivity contribution in [2.24, 2.45) is 0 Å². The smallest absolute Gasteiger partial charge is 0.335 e. The molecule has 13 heavy (non-hydrogen) atoms. The van der Waals surface area contributed by atoms with Gasteiger partial charge in [0, 0.05) is 0 Å². The molecule has 0 aromatic carbocycles. The molecule has 2 nitrogen and oxygen atoms in total. The van der Waals surface area contributed by atoms with Crippen LogP contribution in [0, 0.1) is 0 Å². The zero-order chi connectivity index (χ0) is 10.1. The van der Waals surface area contributed by atoms with E-state index in [9.17, 15) is 4.79 Å². The van der Waals surface area contributed by atoms with Crippen LogP contribution in [0.3, 0.4) is 0 Å². The quantitative estimate of drug-likeness (QED) is 0.428. The van der Waals surface area contributed by atoms with Crippen molar-refractivity contribution in [1.29, 1.82) is 0 Å².